The Labute approximate surface area is 166 Å². The lowest BCUT2D eigenvalue weighted by molar-refractivity contribution is 0.102. The number of aromatic nitrogens is 2. The molecule has 0 radical (unpaired) electrons. The Hall–Kier alpha value is -2.89. The Morgan fingerprint density at radius 2 is 2.00 bits per heavy atom. The van der Waals surface area contributed by atoms with Gasteiger partial charge in [0.15, 0.2) is 0 Å². The Balaban J connectivity index is 1.59. The van der Waals surface area contributed by atoms with Gasteiger partial charge < -0.3 is 15.4 Å². The Morgan fingerprint density at radius 3 is 2.71 bits per heavy atom. The number of carbonyl (C=O) groups excluding carboxylic acids is 1. The van der Waals surface area contributed by atoms with Gasteiger partial charge in [0.2, 0.25) is 0 Å². The zero-order valence-electron chi connectivity index (χ0n) is 16.6. The smallest absolute Gasteiger partial charge is 0.274 e. The second-order valence-corrected chi connectivity index (χ2v) is 6.88. The molecule has 1 aliphatic rings. The van der Waals surface area contributed by atoms with E-state index >= 15 is 0 Å². The normalized spacial score (nSPS) is 13.6. The molecule has 0 unspecified atom stereocenters. The quantitative estimate of drug-likeness (QED) is 0.647. The van der Waals surface area contributed by atoms with Crippen LogP contribution in [-0.2, 0) is 0 Å². The highest BCUT2D eigenvalue weighted by Crippen LogP contribution is 2.20. The lowest BCUT2D eigenvalue weighted by atomic mass is 9.97. The van der Waals surface area contributed by atoms with E-state index in [1.54, 1.807) is 13.0 Å². The predicted molar refractivity (Wildman–Crippen MR) is 112 cm³/mol. The fourth-order valence-electron chi connectivity index (χ4n) is 3.25. The number of hydrogen-bond acceptors (Lipinski definition) is 5. The van der Waals surface area contributed by atoms with E-state index in [9.17, 15) is 4.79 Å². The summed E-state index contributed by atoms with van der Waals surface area (Å²) in [6, 6.07) is 8.99. The maximum absolute atomic E-state index is 12.6. The molecule has 0 bridgehead atoms. The van der Waals surface area contributed by atoms with Crippen molar-refractivity contribution in [1.29, 1.82) is 0 Å². The van der Waals surface area contributed by atoms with Gasteiger partial charge in [-0.3, -0.25) is 4.79 Å². The van der Waals surface area contributed by atoms with Crippen LogP contribution in [0.5, 0.6) is 5.75 Å². The zero-order valence-corrected chi connectivity index (χ0v) is 16.6. The predicted octanol–water partition coefficient (Wildman–Crippen LogP) is 4.74. The van der Waals surface area contributed by atoms with Gasteiger partial charge in [0.05, 0.1) is 6.61 Å². The van der Waals surface area contributed by atoms with Crippen molar-refractivity contribution in [2.75, 3.05) is 23.8 Å². The number of benzene rings is 1. The number of allylic oxidation sites excluding steroid dienone is 1. The monoisotopic (exact) mass is 380 g/mol. The summed E-state index contributed by atoms with van der Waals surface area (Å²) in [7, 11) is 0. The molecule has 6 heteroatoms. The number of nitrogens with one attached hydrogen (secondary N) is 2. The summed E-state index contributed by atoms with van der Waals surface area (Å²) in [6.07, 6.45) is 8.34. The highest BCUT2D eigenvalue weighted by molar-refractivity contribution is 6.03. The summed E-state index contributed by atoms with van der Waals surface area (Å²) in [6.45, 7) is 5.15. The first-order valence-corrected chi connectivity index (χ1v) is 9.95. The molecule has 1 amide bonds. The Morgan fingerprint density at radius 1 is 1.18 bits per heavy atom. The van der Waals surface area contributed by atoms with Gasteiger partial charge in [-0.2, -0.15) is 0 Å². The van der Waals surface area contributed by atoms with Crippen LogP contribution < -0.4 is 15.4 Å². The molecule has 0 fully saturated rings. The fourth-order valence-corrected chi connectivity index (χ4v) is 3.25. The van der Waals surface area contributed by atoms with Crippen LogP contribution in [0.3, 0.4) is 0 Å². The molecule has 2 N–H and O–H groups in total. The van der Waals surface area contributed by atoms with Crippen molar-refractivity contribution in [3.8, 4) is 5.75 Å². The van der Waals surface area contributed by atoms with E-state index in [1.807, 2.05) is 31.2 Å². The van der Waals surface area contributed by atoms with Gasteiger partial charge in [0, 0.05) is 18.3 Å². The first-order valence-electron chi connectivity index (χ1n) is 9.95. The van der Waals surface area contributed by atoms with E-state index < -0.39 is 0 Å². The third kappa shape index (κ3) is 5.81. The average Bonchev–Trinajstić information content (AvgIpc) is 2.70. The molecule has 0 spiro atoms. The van der Waals surface area contributed by atoms with Crippen LogP contribution in [0.2, 0.25) is 0 Å². The standard InChI is InChI=1S/C22H28N4O2/c1-3-28-19-11-9-18(10-12-19)26-22(27)20-15-21(25-16(2)24-20)23-14-13-17-7-5-4-6-8-17/h7,9-12,15H,3-6,8,13-14H2,1-2H3,(H,26,27)(H,23,24,25). The van der Waals surface area contributed by atoms with Crippen molar-refractivity contribution in [3.05, 3.63) is 53.5 Å². The summed E-state index contributed by atoms with van der Waals surface area (Å²) in [5, 5.41) is 6.19. The maximum Gasteiger partial charge on any atom is 0.274 e. The van der Waals surface area contributed by atoms with Crippen molar-refractivity contribution in [3.63, 3.8) is 0 Å². The summed E-state index contributed by atoms with van der Waals surface area (Å²) >= 11 is 0. The number of hydrogen-bond donors (Lipinski definition) is 2. The highest BCUT2D eigenvalue weighted by atomic mass is 16.5. The Kier molecular flexibility index (Phi) is 7.00. The van der Waals surface area contributed by atoms with E-state index in [2.05, 4.69) is 26.7 Å². The topological polar surface area (TPSA) is 76.1 Å². The highest BCUT2D eigenvalue weighted by Gasteiger charge is 2.11. The number of aryl methyl sites for hydroxylation is 1. The fraction of sp³-hybridized carbons (Fsp3) is 0.409. The number of amides is 1. The lowest BCUT2D eigenvalue weighted by Crippen LogP contribution is -2.16. The molecule has 1 aromatic heterocycles. The maximum atomic E-state index is 12.6. The molecule has 2 aromatic rings. The third-order valence-electron chi connectivity index (χ3n) is 4.63. The molecule has 0 saturated carbocycles. The minimum atomic E-state index is -0.257. The van der Waals surface area contributed by atoms with E-state index in [4.69, 9.17) is 4.74 Å². The summed E-state index contributed by atoms with van der Waals surface area (Å²) in [4.78, 5) is 21.3. The number of rotatable bonds is 8. The van der Waals surface area contributed by atoms with Gasteiger partial charge in [0.25, 0.3) is 5.91 Å². The van der Waals surface area contributed by atoms with E-state index in [-0.39, 0.29) is 5.91 Å². The first kappa shape index (κ1) is 19.9. The first-order chi connectivity index (χ1) is 13.6. The van der Waals surface area contributed by atoms with Gasteiger partial charge >= 0.3 is 0 Å². The number of ether oxygens (including phenoxy) is 1. The second kappa shape index (κ2) is 9.88. The SMILES string of the molecule is CCOc1ccc(NC(=O)c2cc(NCCC3=CCCCC3)nc(C)n2)cc1. The van der Waals surface area contributed by atoms with Crippen molar-refractivity contribution < 1.29 is 9.53 Å². The molecule has 0 aliphatic heterocycles. The molecule has 1 heterocycles. The van der Waals surface area contributed by atoms with Crippen LogP contribution >= 0.6 is 0 Å². The minimum Gasteiger partial charge on any atom is -0.494 e. The van der Waals surface area contributed by atoms with Gasteiger partial charge in [-0.15, -0.1) is 0 Å². The molecule has 148 valence electrons. The van der Waals surface area contributed by atoms with Gasteiger partial charge in [-0.05, 0) is 70.2 Å². The van der Waals surface area contributed by atoms with E-state index in [0.29, 0.717) is 29.6 Å². The summed E-state index contributed by atoms with van der Waals surface area (Å²) in [5.74, 6) is 1.77. The molecule has 28 heavy (non-hydrogen) atoms. The summed E-state index contributed by atoms with van der Waals surface area (Å²) in [5.41, 5.74) is 2.56. The number of anilines is 2. The van der Waals surface area contributed by atoms with Crippen LogP contribution in [-0.4, -0.2) is 29.0 Å². The van der Waals surface area contributed by atoms with Crippen molar-refractivity contribution in [2.45, 2.75) is 46.0 Å². The second-order valence-electron chi connectivity index (χ2n) is 6.88. The van der Waals surface area contributed by atoms with Crippen LogP contribution in [0, 0.1) is 6.92 Å². The average molecular weight is 380 g/mol. The molecule has 3 rings (SSSR count). The third-order valence-corrected chi connectivity index (χ3v) is 4.63. The van der Waals surface area contributed by atoms with Crippen LogP contribution in [0.15, 0.2) is 42.0 Å². The van der Waals surface area contributed by atoms with Gasteiger partial charge in [-0.1, -0.05) is 11.6 Å². The minimum absolute atomic E-state index is 0.257. The van der Waals surface area contributed by atoms with E-state index in [0.717, 1.165) is 18.7 Å². The van der Waals surface area contributed by atoms with Crippen molar-refractivity contribution in [2.24, 2.45) is 0 Å². The molecule has 6 nitrogen and oxygen atoms in total. The largest absolute Gasteiger partial charge is 0.494 e. The van der Waals surface area contributed by atoms with Crippen molar-refractivity contribution in [1.82, 2.24) is 9.97 Å². The molecule has 0 saturated heterocycles. The van der Waals surface area contributed by atoms with Crippen LogP contribution in [0.25, 0.3) is 0 Å². The number of carbonyl (C=O) groups is 1. The molecule has 1 aliphatic carbocycles. The molecule has 1 aromatic carbocycles. The van der Waals surface area contributed by atoms with Gasteiger partial charge in [0.1, 0.15) is 23.1 Å². The van der Waals surface area contributed by atoms with Gasteiger partial charge in [-0.25, -0.2) is 9.97 Å². The Bertz CT molecular complexity index is 831. The lowest BCUT2D eigenvalue weighted by Gasteiger charge is -2.13. The molecular formula is C22H28N4O2. The van der Waals surface area contributed by atoms with Crippen LogP contribution in [0.1, 0.15) is 55.3 Å². The summed E-state index contributed by atoms with van der Waals surface area (Å²) < 4.78 is 5.42. The molecule has 0 atom stereocenters. The van der Waals surface area contributed by atoms with E-state index in [1.165, 1.54) is 31.3 Å². The van der Waals surface area contributed by atoms with Crippen molar-refractivity contribution >= 4 is 17.4 Å². The zero-order chi connectivity index (χ0) is 19.8. The molecular weight excluding hydrogens is 352 g/mol. The number of nitrogens with zero attached hydrogens (tertiary/aromatic N) is 2. The van der Waals surface area contributed by atoms with Crippen LogP contribution in [0.4, 0.5) is 11.5 Å².